The molecule has 0 amide bonds. The molecule has 5 fully saturated rings. The lowest BCUT2D eigenvalue weighted by atomic mass is 9.79. The molecule has 3 aromatic rings. The van der Waals surface area contributed by atoms with Crippen LogP contribution in [0.15, 0.2) is 0 Å². The molecule has 508 valence electrons. The van der Waals surface area contributed by atoms with Gasteiger partial charge in [-0.25, -0.2) is 0 Å². The Labute approximate surface area is 544 Å². The molecule has 0 aliphatic carbocycles. The SMILES string of the molecule is Cc1nc(NCCCN(C)CN(CCNc2nc(N(C)C3CC(C)(C)NC(C)(C)C3)nc(N(C)C3CC(C)(C)NC(C)(C)C3)n2)c2nc(N(C)C3CC(C)(C)NC(C)(C)C3)nc(N(C)C3CC(C)(C)NC(C)(C)C3)n2)nc(N(C)C2CC(C)(C)NC(C)(C)C2)n1. The molecule has 90 heavy (non-hydrogen) atoms. The Kier molecular flexibility index (Phi) is 20.4. The highest BCUT2D eigenvalue weighted by molar-refractivity contribution is 5.50. The predicted molar refractivity (Wildman–Crippen MR) is 374 cm³/mol. The van der Waals surface area contributed by atoms with E-state index in [0.29, 0.717) is 79.7 Å². The molecule has 8 heterocycles. The third-order valence-corrected chi connectivity index (χ3v) is 19.5. The molecule has 5 aliphatic heterocycles. The lowest BCUT2D eigenvalue weighted by Crippen LogP contribution is -2.62. The van der Waals surface area contributed by atoms with Crippen molar-refractivity contribution in [2.45, 2.75) is 302 Å². The van der Waals surface area contributed by atoms with Crippen LogP contribution in [0.1, 0.15) is 215 Å². The average molecular weight is 1250 g/mol. The van der Waals surface area contributed by atoms with Gasteiger partial charge in [0.25, 0.3) is 0 Å². The summed E-state index contributed by atoms with van der Waals surface area (Å²) in [5.74, 6) is 5.86. The number of hydrogen-bond donors (Lipinski definition) is 7. The molecule has 5 aliphatic rings. The minimum atomic E-state index is -0.0829. The molecule has 0 bridgehead atoms. The van der Waals surface area contributed by atoms with Gasteiger partial charge < -0.3 is 66.6 Å². The zero-order valence-electron chi connectivity index (χ0n) is 61.4. The quantitative estimate of drug-likeness (QED) is 0.0370. The van der Waals surface area contributed by atoms with E-state index in [4.69, 9.17) is 44.9 Å². The van der Waals surface area contributed by atoms with Crippen LogP contribution in [0.4, 0.5) is 47.6 Å². The smallest absolute Gasteiger partial charge is 0.233 e. The highest BCUT2D eigenvalue weighted by Gasteiger charge is 2.45. The van der Waals surface area contributed by atoms with Crippen molar-refractivity contribution >= 4 is 47.6 Å². The van der Waals surface area contributed by atoms with Crippen molar-refractivity contribution in [1.29, 1.82) is 0 Å². The number of aromatic nitrogens is 9. The molecule has 0 unspecified atom stereocenters. The molecule has 8 rings (SSSR count). The van der Waals surface area contributed by atoms with Crippen molar-refractivity contribution in [2.75, 3.05) is 115 Å². The molecule has 3 aromatic heterocycles. The van der Waals surface area contributed by atoms with Gasteiger partial charge in [-0.2, -0.15) is 44.9 Å². The van der Waals surface area contributed by atoms with Crippen molar-refractivity contribution in [3.05, 3.63) is 5.82 Å². The summed E-state index contributed by atoms with van der Waals surface area (Å²) >= 11 is 0. The largest absolute Gasteiger partial charge is 0.354 e. The number of rotatable bonds is 22. The van der Waals surface area contributed by atoms with Gasteiger partial charge in [0.2, 0.25) is 47.6 Å². The van der Waals surface area contributed by atoms with Crippen molar-refractivity contribution < 1.29 is 0 Å². The van der Waals surface area contributed by atoms with Crippen LogP contribution in [0, 0.1) is 6.92 Å². The van der Waals surface area contributed by atoms with Crippen molar-refractivity contribution in [2.24, 2.45) is 0 Å². The zero-order chi connectivity index (χ0) is 66.8. The number of piperidine rings is 5. The number of anilines is 8. The molecule has 0 aromatic carbocycles. The lowest BCUT2D eigenvalue weighted by molar-refractivity contribution is 0.159. The number of hydrogen-bond acceptors (Lipinski definition) is 23. The summed E-state index contributed by atoms with van der Waals surface area (Å²) in [5, 5.41) is 26.8. The maximum Gasteiger partial charge on any atom is 0.233 e. The van der Waals surface area contributed by atoms with Gasteiger partial charge >= 0.3 is 0 Å². The van der Waals surface area contributed by atoms with Gasteiger partial charge in [0.15, 0.2) is 0 Å². The fourth-order valence-corrected chi connectivity index (χ4v) is 17.2. The Morgan fingerprint density at radius 3 is 0.867 bits per heavy atom. The van der Waals surface area contributed by atoms with Gasteiger partial charge in [0.05, 0.1) is 6.67 Å². The molecular weight excluding hydrogens is 1130 g/mol. The van der Waals surface area contributed by atoms with Gasteiger partial charge in [0, 0.05) is 147 Å². The summed E-state index contributed by atoms with van der Waals surface area (Å²) in [6.45, 7) is 51.0. The van der Waals surface area contributed by atoms with Crippen LogP contribution < -0.4 is 66.6 Å². The fraction of sp³-hybridized carbons (Fsp3) is 0.866. The molecule has 0 spiro atoms. The third-order valence-electron chi connectivity index (χ3n) is 19.5. The van der Waals surface area contributed by atoms with Gasteiger partial charge in [0.1, 0.15) is 5.82 Å². The third kappa shape index (κ3) is 19.0. The van der Waals surface area contributed by atoms with E-state index < -0.39 is 0 Å². The Balaban J connectivity index is 1.11. The molecule has 0 atom stereocenters. The van der Waals surface area contributed by atoms with E-state index in [1.807, 2.05) is 6.92 Å². The van der Waals surface area contributed by atoms with Gasteiger partial charge in [-0.1, -0.05) is 0 Å². The summed E-state index contributed by atoms with van der Waals surface area (Å²) in [6, 6.07) is 1.08. The molecular formula is C67H125N23. The molecule has 0 radical (unpaired) electrons. The maximum atomic E-state index is 5.52. The second-order valence-electron chi connectivity index (χ2n) is 35.0. The van der Waals surface area contributed by atoms with Crippen LogP contribution in [0.3, 0.4) is 0 Å². The van der Waals surface area contributed by atoms with Crippen molar-refractivity contribution in [3.63, 3.8) is 0 Å². The minimum absolute atomic E-state index is 0.00650. The van der Waals surface area contributed by atoms with Crippen LogP contribution >= 0.6 is 0 Å². The monoisotopic (exact) mass is 1250 g/mol. The second-order valence-corrected chi connectivity index (χ2v) is 35.0. The van der Waals surface area contributed by atoms with Gasteiger partial charge in [-0.05, 0) is 223 Å². The Hall–Kier alpha value is -4.81. The first-order valence-electron chi connectivity index (χ1n) is 33.9. The average Bonchev–Trinajstić information content (AvgIpc) is 0.873. The molecule has 23 nitrogen and oxygen atoms in total. The van der Waals surface area contributed by atoms with Crippen molar-refractivity contribution in [3.8, 4) is 0 Å². The van der Waals surface area contributed by atoms with Crippen LogP contribution in [0.25, 0.3) is 0 Å². The first-order chi connectivity index (χ1) is 41.2. The summed E-state index contributed by atoms with van der Waals surface area (Å²) in [5.41, 5.74) is -0.605. The second kappa shape index (κ2) is 25.8. The fourth-order valence-electron chi connectivity index (χ4n) is 17.2. The summed E-state index contributed by atoms with van der Waals surface area (Å²) in [6.07, 6.45) is 10.4. The lowest BCUT2D eigenvalue weighted by Gasteiger charge is -2.49. The summed E-state index contributed by atoms with van der Waals surface area (Å²) < 4.78 is 0. The number of nitrogens with zero attached hydrogens (tertiary/aromatic N) is 16. The van der Waals surface area contributed by atoms with E-state index >= 15 is 0 Å². The van der Waals surface area contributed by atoms with Crippen LogP contribution in [0.5, 0.6) is 0 Å². The summed E-state index contributed by atoms with van der Waals surface area (Å²) in [4.78, 5) is 63.1. The van der Waals surface area contributed by atoms with Crippen molar-refractivity contribution in [1.82, 2.24) is 76.3 Å². The molecule has 7 N–H and O–H groups in total. The maximum absolute atomic E-state index is 5.52. The Bertz CT molecular complexity index is 2710. The molecule has 0 saturated carbocycles. The highest BCUT2D eigenvalue weighted by Crippen LogP contribution is 2.39. The van der Waals surface area contributed by atoms with E-state index in [1.165, 1.54) is 0 Å². The summed E-state index contributed by atoms with van der Waals surface area (Å²) in [7, 11) is 13.0. The number of aryl methyl sites for hydroxylation is 1. The van der Waals surface area contributed by atoms with Crippen LogP contribution in [-0.2, 0) is 0 Å². The van der Waals surface area contributed by atoms with E-state index in [1.54, 1.807) is 0 Å². The zero-order valence-corrected chi connectivity index (χ0v) is 61.4. The first-order valence-corrected chi connectivity index (χ1v) is 33.9. The standard InChI is InChI=1S/C67H125N23/c1-44-70-50(72-52(71-44)85(23)45-33-58(2,3)79-59(4,5)34-45)68-29-28-31-84(22)43-90(57-77-55(88(26)48-39-64(14,15)82-65(16,17)40-48)76-56(78-57)89(27)49-41-66(18,19)83-67(20,21)42-49)32-30-69-51-73-53(86(24)46-35-60(6,7)80-61(8,9)36-46)75-54(74-51)87(25)47-37-62(10,11)81-63(12,13)38-47/h45-49,79-83H,28-43H2,1-27H3,(H,68,70,71,72)(H,69,73,74,75). The number of nitrogens with one attached hydrogen (secondary N) is 7. The van der Waals surface area contributed by atoms with E-state index in [9.17, 15) is 0 Å². The van der Waals surface area contributed by atoms with E-state index in [-0.39, 0.29) is 85.6 Å². The van der Waals surface area contributed by atoms with Gasteiger partial charge in [-0.3, -0.25) is 4.90 Å². The first kappa shape index (κ1) is 71.0. The highest BCUT2D eigenvalue weighted by atomic mass is 15.4. The normalized spacial score (nSPS) is 23.6. The van der Waals surface area contributed by atoms with Gasteiger partial charge in [-0.15, -0.1) is 0 Å². The van der Waals surface area contributed by atoms with Crippen LogP contribution in [0.2, 0.25) is 0 Å². The molecule has 5 saturated heterocycles. The van der Waals surface area contributed by atoms with E-state index in [0.717, 1.165) is 77.2 Å². The Morgan fingerprint density at radius 2 is 0.567 bits per heavy atom. The van der Waals surface area contributed by atoms with E-state index in [2.05, 4.69) is 252 Å². The Morgan fingerprint density at radius 1 is 0.322 bits per heavy atom. The predicted octanol–water partition coefficient (Wildman–Crippen LogP) is 8.59. The van der Waals surface area contributed by atoms with Crippen LogP contribution in [-0.4, -0.2) is 210 Å². The minimum Gasteiger partial charge on any atom is -0.354 e. The topological polar surface area (TPSA) is 223 Å². The molecule has 23 heteroatoms.